The zero-order chi connectivity index (χ0) is 13.2. The molecule has 0 radical (unpaired) electrons. The highest BCUT2D eigenvalue weighted by Gasteiger charge is 2.19. The van der Waals surface area contributed by atoms with Crippen LogP contribution in [0.5, 0.6) is 0 Å². The predicted octanol–water partition coefficient (Wildman–Crippen LogP) is 1.74. The van der Waals surface area contributed by atoms with Crippen molar-refractivity contribution in [2.24, 2.45) is 0 Å². The predicted molar refractivity (Wildman–Crippen MR) is 75.3 cm³/mol. The number of anilines is 3. The molecule has 102 valence electrons. The van der Waals surface area contributed by atoms with E-state index in [0.717, 1.165) is 48.5 Å². The summed E-state index contributed by atoms with van der Waals surface area (Å²) < 4.78 is 5.45. The minimum absolute atomic E-state index is 0.0734. The van der Waals surface area contributed by atoms with Crippen molar-refractivity contribution in [2.45, 2.75) is 31.7 Å². The zero-order valence-electron chi connectivity index (χ0n) is 10.9. The van der Waals surface area contributed by atoms with Gasteiger partial charge in [0.2, 0.25) is 5.91 Å². The molecule has 0 bridgehead atoms. The second kappa shape index (κ2) is 5.09. The van der Waals surface area contributed by atoms with E-state index in [1.165, 1.54) is 0 Å². The molecule has 5 nitrogen and oxygen atoms in total. The molecule has 3 rings (SSSR count). The third kappa shape index (κ3) is 2.66. The summed E-state index contributed by atoms with van der Waals surface area (Å²) in [5, 5.41) is 6.31. The van der Waals surface area contributed by atoms with Crippen LogP contribution in [0.25, 0.3) is 0 Å². The SMILES string of the molecule is Nc1cc2c(cc1NC1CCCOC1)NC(=O)CC2. The monoisotopic (exact) mass is 261 g/mol. The standard InChI is InChI=1S/C14H19N3O2/c15-11-6-9-3-4-14(18)17-12(9)7-13(11)16-10-2-1-5-19-8-10/h6-7,10,16H,1-5,8,15H2,(H,17,18). The first-order valence-corrected chi connectivity index (χ1v) is 6.79. The Morgan fingerprint density at radius 1 is 1.37 bits per heavy atom. The second-order valence-corrected chi connectivity index (χ2v) is 5.20. The van der Waals surface area contributed by atoms with Gasteiger partial charge in [-0.05, 0) is 37.0 Å². The van der Waals surface area contributed by atoms with E-state index >= 15 is 0 Å². The number of amides is 1. The molecular weight excluding hydrogens is 242 g/mol. The Labute approximate surface area is 112 Å². The average molecular weight is 261 g/mol. The summed E-state index contributed by atoms with van der Waals surface area (Å²) in [4.78, 5) is 11.4. The van der Waals surface area contributed by atoms with Gasteiger partial charge in [0, 0.05) is 24.8 Å². The van der Waals surface area contributed by atoms with Crippen molar-refractivity contribution >= 4 is 23.0 Å². The maximum atomic E-state index is 11.4. The number of rotatable bonds is 2. The fourth-order valence-corrected chi connectivity index (χ4v) is 2.65. The summed E-state index contributed by atoms with van der Waals surface area (Å²) in [6, 6.07) is 4.20. The summed E-state index contributed by atoms with van der Waals surface area (Å²) in [6.07, 6.45) is 3.45. The average Bonchev–Trinajstić information content (AvgIpc) is 2.41. The van der Waals surface area contributed by atoms with Crippen molar-refractivity contribution in [1.82, 2.24) is 0 Å². The van der Waals surface area contributed by atoms with Crippen LogP contribution in [0.4, 0.5) is 17.1 Å². The maximum Gasteiger partial charge on any atom is 0.224 e. The lowest BCUT2D eigenvalue weighted by Gasteiger charge is -2.26. The van der Waals surface area contributed by atoms with Gasteiger partial charge in [0.15, 0.2) is 0 Å². The number of nitrogens with two attached hydrogens (primary N) is 1. The highest BCUT2D eigenvalue weighted by Crippen LogP contribution is 2.31. The van der Waals surface area contributed by atoms with Crippen molar-refractivity contribution in [3.63, 3.8) is 0 Å². The third-order valence-electron chi connectivity index (χ3n) is 3.69. The minimum atomic E-state index is 0.0734. The Morgan fingerprint density at radius 3 is 3.05 bits per heavy atom. The van der Waals surface area contributed by atoms with Crippen LogP contribution in [0.2, 0.25) is 0 Å². The number of carbonyl (C=O) groups excluding carboxylic acids is 1. The molecule has 1 saturated heterocycles. The summed E-state index contributed by atoms with van der Waals surface area (Å²) >= 11 is 0. The largest absolute Gasteiger partial charge is 0.397 e. The van der Waals surface area contributed by atoms with Gasteiger partial charge in [-0.2, -0.15) is 0 Å². The molecule has 2 heterocycles. The van der Waals surface area contributed by atoms with Gasteiger partial charge in [-0.1, -0.05) is 0 Å². The summed E-state index contributed by atoms with van der Waals surface area (Å²) in [5.74, 6) is 0.0734. The van der Waals surface area contributed by atoms with E-state index in [9.17, 15) is 4.79 Å². The van der Waals surface area contributed by atoms with Crippen LogP contribution in [-0.2, 0) is 16.0 Å². The van der Waals surface area contributed by atoms with Gasteiger partial charge in [-0.3, -0.25) is 4.79 Å². The molecule has 1 aromatic carbocycles. The van der Waals surface area contributed by atoms with E-state index < -0.39 is 0 Å². The Balaban J connectivity index is 1.80. The first-order valence-electron chi connectivity index (χ1n) is 6.79. The molecule has 0 aliphatic carbocycles. The zero-order valence-corrected chi connectivity index (χ0v) is 10.9. The van der Waals surface area contributed by atoms with E-state index in [4.69, 9.17) is 10.5 Å². The molecule has 0 aromatic heterocycles. The van der Waals surface area contributed by atoms with E-state index in [2.05, 4.69) is 10.6 Å². The second-order valence-electron chi connectivity index (χ2n) is 5.20. The van der Waals surface area contributed by atoms with Crippen LogP contribution in [0, 0.1) is 0 Å². The molecule has 1 fully saturated rings. The number of aryl methyl sites for hydroxylation is 1. The maximum absolute atomic E-state index is 11.4. The van der Waals surface area contributed by atoms with E-state index in [0.29, 0.717) is 19.1 Å². The number of benzene rings is 1. The van der Waals surface area contributed by atoms with Crippen molar-refractivity contribution in [3.8, 4) is 0 Å². The number of hydrogen-bond donors (Lipinski definition) is 3. The lowest BCUT2D eigenvalue weighted by atomic mass is 10.0. The summed E-state index contributed by atoms with van der Waals surface area (Å²) in [6.45, 7) is 1.55. The summed E-state index contributed by atoms with van der Waals surface area (Å²) in [5.41, 5.74) is 9.70. The molecule has 2 aliphatic rings. The molecule has 1 amide bonds. The Bertz CT molecular complexity index is 496. The van der Waals surface area contributed by atoms with Crippen LogP contribution in [-0.4, -0.2) is 25.2 Å². The molecule has 4 N–H and O–H groups in total. The van der Waals surface area contributed by atoms with Gasteiger partial charge in [0.1, 0.15) is 0 Å². The number of nitrogen functional groups attached to an aromatic ring is 1. The molecule has 0 saturated carbocycles. The normalized spacial score (nSPS) is 22.5. The molecule has 1 aromatic rings. The Hall–Kier alpha value is -1.75. The van der Waals surface area contributed by atoms with Gasteiger partial charge in [0.05, 0.1) is 18.0 Å². The van der Waals surface area contributed by atoms with Crippen LogP contribution < -0.4 is 16.4 Å². The lowest BCUT2D eigenvalue weighted by molar-refractivity contribution is -0.116. The fraction of sp³-hybridized carbons (Fsp3) is 0.500. The Kier molecular flexibility index (Phi) is 3.29. The fourth-order valence-electron chi connectivity index (χ4n) is 2.65. The Morgan fingerprint density at radius 2 is 2.26 bits per heavy atom. The van der Waals surface area contributed by atoms with Crippen molar-refractivity contribution in [1.29, 1.82) is 0 Å². The van der Waals surface area contributed by atoms with Crippen molar-refractivity contribution in [2.75, 3.05) is 29.6 Å². The quantitative estimate of drug-likeness (QED) is 0.709. The van der Waals surface area contributed by atoms with Crippen molar-refractivity contribution in [3.05, 3.63) is 17.7 Å². The van der Waals surface area contributed by atoms with Crippen LogP contribution in [0.1, 0.15) is 24.8 Å². The number of nitrogens with one attached hydrogen (secondary N) is 2. The minimum Gasteiger partial charge on any atom is -0.397 e. The van der Waals surface area contributed by atoms with Crippen molar-refractivity contribution < 1.29 is 9.53 Å². The van der Waals surface area contributed by atoms with E-state index in [1.54, 1.807) is 0 Å². The highest BCUT2D eigenvalue weighted by molar-refractivity contribution is 5.95. The highest BCUT2D eigenvalue weighted by atomic mass is 16.5. The first-order chi connectivity index (χ1) is 9.22. The number of ether oxygens (including phenoxy) is 1. The van der Waals surface area contributed by atoms with Gasteiger partial charge < -0.3 is 21.1 Å². The molecule has 5 heteroatoms. The third-order valence-corrected chi connectivity index (χ3v) is 3.69. The number of fused-ring (bicyclic) bond motifs is 1. The number of carbonyl (C=O) groups is 1. The van der Waals surface area contributed by atoms with Gasteiger partial charge in [-0.15, -0.1) is 0 Å². The molecule has 19 heavy (non-hydrogen) atoms. The van der Waals surface area contributed by atoms with Crippen LogP contribution in [0.3, 0.4) is 0 Å². The van der Waals surface area contributed by atoms with Crippen LogP contribution >= 0.6 is 0 Å². The first kappa shape index (κ1) is 12.3. The number of hydrogen-bond acceptors (Lipinski definition) is 4. The van der Waals surface area contributed by atoms with E-state index in [-0.39, 0.29) is 5.91 Å². The molecule has 0 spiro atoms. The summed E-state index contributed by atoms with van der Waals surface area (Å²) in [7, 11) is 0. The molecule has 1 unspecified atom stereocenters. The van der Waals surface area contributed by atoms with Gasteiger partial charge in [0.25, 0.3) is 0 Å². The van der Waals surface area contributed by atoms with Gasteiger partial charge >= 0.3 is 0 Å². The molecular formula is C14H19N3O2. The van der Waals surface area contributed by atoms with Gasteiger partial charge in [-0.25, -0.2) is 0 Å². The van der Waals surface area contributed by atoms with E-state index in [1.807, 2.05) is 12.1 Å². The topological polar surface area (TPSA) is 76.4 Å². The smallest absolute Gasteiger partial charge is 0.224 e. The molecule has 1 atom stereocenters. The lowest BCUT2D eigenvalue weighted by Crippen LogP contribution is -2.30. The molecule has 2 aliphatic heterocycles. The van der Waals surface area contributed by atoms with Crippen LogP contribution in [0.15, 0.2) is 12.1 Å².